The smallest absolute Gasteiger partial charge is 0.267 e. The second kappa shape index (κ2) is 25.1. The van der Waals surface area contributed by atoms with E-state index in [0.29, 0.717) is 19.4 Å². The maximum Gasteiger partial charge on any atom is 0.267 e. The van der Waals surface area contributed by atoms with Gasteiger partial charge in [-0.3, -0.25) is 8.57 Å². The lowest BCUT2D eigenvalue weighted by Crippen LogP contribution is -2.11. The summed E-state index contributed by atoms with van der Waals surface area (Å²) in [5.74, 6) is 0.120. The summed E-state index contributed by atoms with van der Waals surface area (Å²) in [5, 5.41) is 0. The molecule has 0 amide bonds. The van der Waals surface area contributed by atoms with Crippen molar-refractivity contribution >= 4 is 10.1 Å². The van der Waals surface area contributed by atoms with E-state index < -0.39 is 10.1 Å². The molecule has 4 nitrogen and oxygen atoms in total. The van der Waals surface area contributed by atoms with Gasteiger partial charge in [0, 0.05) is 0 Å². The first-order valence-corrected chi connectivity index (χ1v) is 14.1. The highest BCUT2D eigenvalue weighted by molar-refractivity contribution is 7.86. The molecule has 0 atom stereocenters. The highest BCUT2D eigenvalue weighted by Gasteiger charge is 2.10. The van der Waals surface area contributed by atoms with Crippen molar-refractivity contribution in [1.82, 2.24) is 6.15 Å². The van der Waals surface area contributed by atoms with Gasteiger partial charge >= 0.3 is 0 Å². The fourth-order valence-electron chi connectivity index (χ4n) is 3.62. The Hall–Kier alpha value is -0.200. The molecule has 184 valence electrons. The Morgan fingerprint density at radius 3 is 1.37 bits per heavy atom. The van der Waals surface area contributed by atoms with Crippen molar-refractivity contribution in [3.63, 3.8) is 0 Å². The molecule has 0 aromatic heterocycles. The van der Waals surface area contributed by atoms with Crippen molar-refractivity contribution in [3.05, 3.63) is 0 Å². The maximum atomic E-state index is 12.0. The molecule has 0 heterocycles. The minimum Gasteiger partial charge on any atom is -0.344 e. The molecule has 0 radical (unpaired) electrons. The van der Waals surface area contributed by atoms with Crippen LogP contribution in [0.15, 0.2) is 0 Å². The molecule has 0 fully saturated rings. The van der Waals surface area contributed by atoms with Gasteiger partial charge in [0.05, 0.1) is 19.0 Å². The molecule has 0 saturated carbocycles. The SMILES string of the molecule is CCCCCCCCCCCCCCCCOS(=O)(=O)CCCCCCCCF.N. The van der Waals surface area contributed by atoms with E-state index in [9.17, 15) is 12.8 Å². The van der Waals surface area contributed by atoms with Gasteiger partial charge in [-0.1, -0.05) is 116 Å². The van der Waals surface area contributed by atoms with Gasteiger partial charge in [-0.25, -0.2) is 0 Å². The third kappa shape index (κ3) is 25.8. The second-order valence-corrected chi connectivity index (χ2v) is 10.2. The fourth-order valence-corrected chi connectivity index (χ4v) is 4.67. The van der Waals surface area contributed by atoms with E-state index in [4.69, 9.17) is 4.18 Å². The molecule has 0 aromatic rings. The topological polar surface area (TPSA) is 78.4 Å². The number of hydrogen-bond acceptors (Lipinski definition) is 4. The van der Waals surface area contributed by atoms with E-state index in [1.165, 1.54) is 77.0 Å². The Morgan fingerprint density at radius 2 is 0.933 bits per heavy atom. The molecule has 0 aromatic carbocycles. The Balaban J connectivity index is 0. The highest BCUT2D eigenvalue weighted by atomic mass is 32.2. The summed E-state index contributed by atoms with van der Waals surface area (Å²) in [4.78, 5) is 0. The van der Waals surface area contributed by atoms with Gasteiger partial charge in [0.15, 0.2) is 0 Å². The number of alkyl halides is 1. The fraction of sp³-hybridized carbons (Fsp3) is 1.00. The summed E-state index contributed by atoms with van der Waals surface area (Å²) >= 11 is 0. The van der Waals surface area contributed by atoms with Crippen LogP contribution in [0.25, 0.3) is 0 Å². The summed E-state index contributed by atoms with van der Waals surface area (Å²) in [6.07, 6.45) is 23.1. The molecule has 0 aliphatic rings. The lowest BCUT2D eigenvalue weighted by atomic mass is 10.0. The largest absolute Gasteiger partial charge is 0.344 e. The minimum atomic E-state index is -3.36. The van der Waals surface area contributed by atoms with Crippen LogP contribution < -0.4 is 6.15 Å². The van der Waals surface area contributed by atoms with Gasteiger partial charge in [0.2, 0.25) is 0 Å². The van der Waals surface area contributed by atoms with Gasteiger partial charge in [-0.2, -0.15) is 8.42 Å². The number of hydrogen-bond donors (Lipinski definition) is 1. The van der Waals surface area contributed by atoms with E-state index >= 15 is 0 Å². The molecule has 0 bridgehead atoms. The van der Waals surface area contributed by atoms with E-state index in [0.717, 1.165) is 38.5 Å². The third-order valence-corrected chi connectivity index (χ3v) is 6.85. The van der Waals surface area contributed by atoms with E-state index in [1.54, 1.807) is 0 Å². The highest BCUT2D eigenvalue weighted by Crippen LogP contribution is 2.13. The van der Waals surface area contributed by atoms with Crippen molar-refractivity contribution in [2.45, 2.75) is 135 Å². The van der Waals surface area contributed by atoms with Crippen LogP contribution in [0.3, 0.4) is 0 Å². The summed E-state index contributed by atoms with van der Waals surface area (Å²) in [6, 6.07) is 0. The van der Waals surface area contributed by atoms with E-state index in [-0.39, 0.29) is 18.6 Å². The first-order chi connectivity index (χ1) is 14.1. The maximum absolute atomic E-state index is 12.0. The van der Waals surface area contributed by atoms with E-state index in [2.05, 4.69) is 6.92 Å². The van der Waals surface area contributed by atoms with E-state index in [1.807, 2.05) is 0 Å². The monoisotopic (exact) mass is 453 g/mol. The van der Waals surface area contributed by atoms with Gasteiger partial charge in [-0.15, -0.1) is 0 Å². The van der Waals surface area contributed by atoms with Gasteiger partial charge in [0.25, 0.3) is 10.1 Å². The Morgan fingerprint density at radius 1 is 0.567 bits per heavy atom. The van der Waals surface area contributed by atoms with Crippen LogP contribution >= 0.6 is 0 Å². The quantitative estimate of drug-likeness (QED) is 0.118. The van der Waals surface area contributed by atoms with Gasteiger partial charge in [0.1, 0.15) is 0 Å². The zero-order valence-electron chi connectivity index (χ0n) is 20.0. The molecule has 6 heteroatoms. The predicted molar refractivity (Wildman–Crippen MR) is 129 cm³/mol. The summed E-state index contributed by atoms with van der Waals surface area (Å²) in [7, 11) is -3.36. The first-order valence-electron chi connectivity index (χ1n) is 12.6. The average Bonchev–Trinajstić information content (AvgIpc) is 2.70. The van der Waals surface area contributed by atoms with Crippen molar-refractivity contribution in [2.75, 3.05) is 19.0 Å². The molecule has 0 spiro atoms. The lowest BCUT2D eigenvalue weighted by molar-refractivity contribution is 0.305. The van der Waals surface area contributed by atoms with Crippen molar-refractivity contribution < 1.29 is 17.0 Å². The van der Waals surface area contributed by atoms with Gasteiger partial charge in [-0.05, 0) is 19.3 Å². The van der Waals surface area contributed by atoms with Crippen LogP contribution in [0.5, 0.6) is 0 Å². The third-order valence-electron chi connectivity index (χ3n) is 5.54. The predicted octanol–water partition coefficient (Wildman–Crippen LogP) is 8.29. The second-order valence-electron chi connectivity index (χ2n) is 8.49. The van der Waals surface area contributed by atoms with Crippen molar-refractivity contribution in [1.29, 1.82) is 0 Å². The summed E-state index contributed by atoms with van der Waals surface area (Å²) < 4.78 is 40.7. The molecule has 30 heavy (non-hydrogen) atoms. The Labute approximate surface area is 187 Å². The molecular formula is C24H52FNO3S. The summed E-state index contributed by atoms with van der Waals surface area (Å²) in [5.41, 5.74) is 0. The van der Waals surface area contributed by atoms with Crippen molar-refractivity contribution in [2.24, 2.45) is 0 Å². The molecule has 0 unspecified atom stereocenters. The first kappa shape index (κ1) is 32.0. The molecule has 0 rings (SSSR count). The number of halogens is 1. The summed E-state index contributed by atoms with van der Waals surface area (Å²) in [6.45, 7) is 2.34. The van der Waals surface area contributed by atoms with Crippen LogP contribution in [0.4, 0.5) is 4.39 Å². The zero-order chi connectivity index (χ0) is 21.5. The number of unbranched alkanes of at least 4 members (excludes halogenated alkanes) is 18. The molecule has 0 aliphatic heterocycles. The molecule has 0 aliphatic carbocycles. The van der Waals surface area contributed by atoms with Crippen LogP contribution in [0.2, 0.25) is 0 Å². The standard InChI is InChI=1S/C24H49FO3S.H3N/c1-2-3-4-5-6-7-8-9-10-11-12-14-17-20-23-28-29(26,27)24-21-18-15-13-16-19-22-25;/h2-24H2,1H3;1H3. The molecule has 3 N–H and O–H groups in total. The van der Waals surface area contributed by atoms with Crippen LogP contribution in [0.1, 0.15) is 135 Å². The number of rotatable bonds is 24. The van der Waals surface area contributed by atoms with Crippen LogP contribution in [0, 0.1) is 0 Å². The van der Waals surface area contributed by atoms with Crippen molar-refractivity contribution in [3.8, 4) is 0 Å². The lowest BCUT2D eigenvalue weighted by Gasteiger charge is -2.06. The Bertz CT molecular complexity index is 419. The average molecular weight is 454 g/mol. The van der Waals surface area contributed by atoms with Crippen LogP contribution in [-0.4, -0.2) is 27.5 Å². The Kier molecular flexibility index (Phi) is 26.7. The molecular weight excluding hydrogens is 401 g/mol. The minimum absolute atomic E-state index is 0. The van der Waals surface area contributed by atoms with Crippen LogP contribution in [-0.2, 0) is 14.3 Å². The van der Waals surface area contributed by atoms with Gasteiger partial charge < -0.3 is 6.15 Å². The normalized spacial score (nSPS) is 11.5. The molecule has 0 saturated heterocycles. The zero-order valence-corrected chi connectivity index (χ0v) is 20.8.